The minimum atomic E-state index is 0.277. The highest BCUT2D eigenvalue weighted by molar-refractivity contribution is 5.65. The Balaban J connectivity index is 2.64. The highest BCUT2D eigenvalue weighted by Gasteiger charge is 2.01. The summed E-state index contributed by atoms with van der Waals surface area (Å²) in [5, 5.41) is 8.75. The van der Waals surface area contributed by atoms with Gasteiger partial charge in [0.1, 0.15) is 5.75 Å². The zero-order chi connectivity index (χ0) is 11.8. The molecule has 0 heterocycles. The molecule has 0 aliphatic rings. The molecule has 0 saturated heterocycles. The molecule has 0 aliphatic heterocycles. The maximum absolute atomic E-state index is 8.75. The van der Waals surface area contributed by atoms with Crippen LogP contribution in [0.2, 0.25) is 0 Å². The second-order valence-electron chi connectivity index (χ2n) is 3.72. The van der Waals surface area contributed by atoms with Gasteiger partial charge in [0.15, 0.2) is 0 Å². The molecule has 0 unspecified atom stereocenters. The molecule has 0 amide bonds. The Bertz CT molecular complexity index is 325. The molecule has 88 valence electrons. The first-order chi connectivity index (χ1) is 7.81. The highest BCUT2D eigenvalue weighted by atomic mass is 16.5. The van der Waals surface area contributed by atoms with E-state index in [1.165, 1.54) is 11.1 Å². The van der Waals surface area contributed by atoms with Gasteiger partial charge >= 0.3 is 0 Å². The van der Waals surface area contributed by atoms with Crippen LogP contribution in [0.15, 0.2) is 30.3 Å². The van der Waals surface area contributed by atoms with Gasteiger partial charge in [-0.2, -0.15) is 0 Å². The van der Waals surface area contributed by atoms with Crippen LogP contribution in [-0.2, 0) is 0 Å². The summed E-state index contributed by atoms with van der Waals surface area (Å²) in [6.45, 7) is 2.33. The third-order valence-electron chi connectivity index (χ3n) is 2.66. The molecular formula is C14H20O2. The van der Waals surface area contributed by atoms with Gasteiger partial charge in [-0.15, -0.1) is 0 Å². The number of unbranched alkanes of at least 4 members (excludes halogenated alkanes) is 1. The summed E-state index contributed by atoms with van der Waals surface area (Å²) in [6.07, 6.45) is 5.05. The molecule has 0 spiro atoms. The van der Waals surface area contributed by atoms with Crippen molar-refractivity contribution >= 4 is 5.57 Å². The third kappa shape index (κ3) is 3.70. The number of aliphatic hydroxyl groups is 1. The van der Waals surface area contributed by atoms with E-state index in [0.29, 0.717) is 0 Å². The van der Waals surface area contributed by atoms with Crippen molar-refractivity contribution in [1.82, 2.24) is 0 Å². The molecule has 0 aliphatic carbocycles. The minimum absolute atomic E-state index is 0.277. The van der Waals surface area contributed by atoms with Crippen molar-refractivity contribution in [2.45, 2.75) is 26.2 Å². The summed E-state index contributed by atoms with van der Waals surface area (Å²) >= 11 is 0. The van der Waals surface area contributed by atoms with Crippen LogP contribution in [0.1, 0.15) is 31.7 Å². The molecule has 0 saturated carbocycles. The highest BCUT2D eigenvalue weighted by Crippen LogP contribution is 2.22. The predicted octanol–water partition coefficient (Wildman–Crippen LogP) is 3.26. The largest absolute Gasteiger partial charge is 0.497 e. The Hall–Kier alpha value is -1.28. The van der Waals surface area contributed by atoms with E-state index in [1.807, 2.05) is 12.1 Å². The molecule has 0 bridgehead atoms. The molecule has 1 aromatic carbocycles. The maximum Gasteiger partial charge on any atom is 0.118 e. The first-order valence-corrected chi connectivity index (χ1v) is 5.72. The summed E-state index contributed by atoms with van der Waals surface area (Å²) in [5.74, 6) is 0.884. The van der Waals surface area contributed by atoms with Gasteiger partial charge in [0.2, 0.25) is 0 Å². The fourth-order valence-corrected chi connectivity index (χ4v) is 1.69. The number of rotatable bonds is 6. The van der Waals surface area contributed by atoms with Crippen LogP contribution in [-0.4, -0.2) is 18.8 Å². The Labute approximate surface area is 97.6 Å². The lowest BCUT2D eigenvalue weighted by Crippen LogP contribution is -1.89. The standard InChI is InChI=1S/C14H20O2/c1-3-12(6-4-5-11-15)13-7-9-14(16-2)10-8-13/h3,7-10,15H,4-6,11H2,1-2H3. The second kappa shape index (κ2) is 7.07. The minimum Gasteiger partial charge on any atom is -0.497 e. The second-order valence-corrected chi connectivity index (χ2v) is 3.72. The smallest absolute Gasteiger partial charge is 0.118 e. The summed E-state index contributed by atoms with van der Waals surface area (Å²) in [7, 11) is 1.67. The van der Waals surface area contributed by atoms with E-state index in [-0.39, 0.29) is 6.61 Å². The monoisotopic (exact) mass is 220 g/mol. The van der Waals surface area contributed by atoms with Gasteiger partial charge in [-0.25, -0.2) is 0 Å². The van der Waals surface area contributed by atoms with Crippen molar-refractivity contribution < 1.29 is 9.84 Å². The lowest BCUT2D eigenvalue weighted by molar-refractivity contribution is 0.285. The van der Waals surface area contributed by atoms with Crippen molar-refractivity contribution in [3.8, 4) is 5.75 Å². The van der Waals surface area contributed by atoms with Crippen LogP contribution in [0.4, 0.5) is 0 Å². The molecule has 0 atom stereocenters. The molecular weight excluding hydrogens is 200 g/mol. The zero-order valence-electron chi connectivity index (χ0n) is 10.1. The Morgan fingerprint density at radius 2 is 1.94 bits per heavy atom. The summed E-state index contributed by atoms with van der Waals surface area (Å²) in [5.41, 5.74) is 2.57. The van der Waals surface area contributed by atoms with E-state index in [2.05, 4.69) is 25.1 Å². The van der Waals surface area contributed by atoms with Crippen LogP contribution >= 0.6 is 0 Å². The van der Waals surface area contributed by atoms with E-state index < -0.39 is 0 Å². The van der Waals surface area contributed by atoms with Gasteiger partial charge in [-0.3, -0.25) is 0 Å². The molecule has 0 fully saturated rings. The van der Waals surface area contributed by atoms with Crippen molar-refractivity contribution in [3.05, 3.63) is 35.9 Å². The number of allylic oxidation sites excluding steroid dienone is 2. The summed E-state index contributed by atoms with van der Waals surface area (Å²) < 4.78 is 5.13. The average molecular weight is 220 g/mol. The zero-order valence-corrected chi connectivity index (χ0v) is 10.1. The maximum atomic E-state index is 8.75. The van der Waals surface area contributed by atoms with Crippen molar-refractivity contribution in [2.75, 3.05) is 13.7 Å². The van der Waals surface area contributed by atoms with Gasteiger partial charge < -0.3 is 9.84 Å². The van der Waals surface area contributed by atoms with E-state index in [0.717, 1.165) is 25.0 Å². The van der Waals surface area contributed by atoms with E-state index in [4.69, 9.17) is 9.84 Å². The molecule has 16 heavy (non-hydrogen) atoms. The van der Waals surface area contributed by atoms with Gasteiger partial charge in [-0.1, -0.05) is 18.2 Å². The SMILES string of the molecule is CC=C(CCCCO)c1ccc(OC)cc1. The molecule has 2 heteroatoms. The lowest BCUT2D eigenvalue weighted by atomic mass is 10.00. The normalized spacial score (nSPS) is 11.6. The van der Waals surface area contributed by atoms with Crippen molar-refractivity contribution in [1.29, 1.82) is 0 Å². The Morgan fingerprint density at radius 1 is 1.25 bits per heavy atom. The number of methoxy groups -OCH3 is 1. The fraction of sp³-hybridized carbons (Fsp3) is 0.429. The van der Waals surface area contributed by atoms with Crippen LogP contribution in [0.3, 0.4) is 0 Å². The number of hydrogen-bond donors (Lipinski definition) is 1. The molecule has 0 radical (unpaired) electrons. The molecule has 1 N–H and O–H groups in total. The van der Waals surface area contributed by atoms with Crippen LogP contribution in [0, 0.1) is 0 Å². The predicted molar refractivity (Wildman–Crippen MR) is 67.6 cm³/mol. The molecule has 2 nitrogen and oxygen atoms in total. The third-order valence-corrected chi connectivity index (χ3v) is 2.66. The number of benzene rings is 1. The molecule has 1 rings (SSSR count). The van der Waals surface area contributed by atoms with Crippen LogP contribution in [0.25, 0.3) is 5.57 Å². The molecule has 0 aromatic heterocycles. The topological polar surface area (TPSA) is 29.5 Å². The van der Waals surface area contributed by atoms with Gasteiger partial charge in [0, 0.05) is 6.61 Å². The van der Waals surface area contributed by atoms with E-state index in [1.54, 1.807) is 7.11 Å². The van der Waals surface area contributed by atoms with Crippen molar-refractivity contribution in [3.63, 3.8) is 0 Å². The average Bonchev–Trinajstić information content (AvgIpc) is 2.35. The first-order valence-electron chi connectivity index (χ1n) is 5.72. The van der Waals surface area contributed by atoms with Gasteiger partial charge in [-0.05, 0) is 49.5 Å². The summed E-state index contributed by atoms with van der Waals surface area (Å²) in [6, 6.07) is 8.11. The Kier molecular flexibility index (Phi) is 5.65. The number of hydrogen-bond acceptors (Lipinski definition) is 2. The van der Waals surface area contributed by atoms with Crippen LogP contribution < -0.4 is 4.74 Å². The van der Waals surface area contributed by atoms with Crippen LogP contribution in [0.5, 0.6) is 5.75 Å². The fourth-order valence-electron chi connectivity index (χ4n) is 1.69. The first kappa shape index (κ1) is 12.8. The van der Waals surface area contributed by atoms with Gasteiger partial charge in [0.05, 0.1) is 7.11 Å². The molecule has 1 aromatic rings. The van der Waals surface area contributed by atoms with Gasteiger partial charge in [0.25, 0.3) is 0 Å². The van der Waals surface area contributed by atoms with Crippen molar-refractivity contribution in [2.24, 2.45) is 0 Å². The lowest BCUT2D eigenvalue weighted by Gasteiger charge is -2.08. The quantitative estimate of drug-likeness (QED) is 0.746. The number of ether oxygens (including phenoxy) is 1. The summed E-state index contributed by atoms with van der Waals surface area (Å²) in [4.78, 5) is 0. The van der Waals surface area contributed by atoms with E-state index >= 15 is 0 Å². The Morgan fingerprint density at radius 3 is 2.44 bits per heavy atom. The van der Waals surface area contributed by atoms with E-state index in [9.17, 15) is 0 Å². The number of aliphatic hydroxyl groups excluding tert-OH is 1.